The van der Waals surface area contributed by atoms with Gasteiger partial charge in [0.1, 0.15) is 23.5 Å². The van der Waals surface area contributed by atoms with Gasteiger partial charge in [0.25, 0.3) is 5.91 Å². The van der Waals surface area contributed by atoms with E-state index in [4.69, 9.17) is 32.5 Å². The summed E-state index contributed by atoms with van der Waals surface area (Å²) in [6, 6.07) is 30.7. The topological polar surface area (TPSA) is 63.0 Å². The van der Waals surface area contributed by atoms with Crippen molar-refractivity contribution in [3.63, 3.8) is 0 Å². The first kappa shape index (κ1) is 24.0. The first-order valence-corrected chi connectivity index (χ1v) is 13.2. The van der Waals surface area contributed by atoms with E-state index in [0.717, 1.165) is 10.8 Å². The number of hydroxylamine groups is 1. The van der Waals surface area contributed by atoms with E-state index in [9.17, 15) is 9.59 Å². The summed E-state index contributed by atoms with van der Waals surface area (Å²) < 4.78 is 6.30. The summed E-state index contributed by atoms with van der Waals surface area (Å²) in [5.74, 6) is -0.569. The van der Waals surface area contributed by atoms with Gasteiger partial charge in [-0.2, -0.15) is 0 Å². The number of furan rings is 1. The van der Waals surface area contributed by atoms with Crippen LogP contribution in [0, 0.1) is 5.92 Å². The van der Waals surface area contributed by atoms with E-state index in [1.165, 1.54) is 4.90 Å². The highest BCUT2D eigenvalue weighted by Crippen LogP contribution is 2.49. The molecule has 7 rings (SSSR count). The summed E-state index contributed by atoms with van der Waals surface area (Å²) in [5, 5.41) is 4.32. The molecule has 0 saturated carbocycles. The van der Waals surface area contributed by atoms with Crippen LogP contribution in [0.4, 0.5) is 11.4 Å². The molecule has 2 aliphatic rings. The quantitative estimate of drug-likeness (QED) is 0.216. The average molecular weight is 555 g/mol. The zero-order chi connectivity index (χ0) is 26.7. The van der Waals surface area contributed by atoms with E-state index < -0.39 is 24.0 Å². The van der Waals surface area contributed by atoms with Gasteiger partial charge < -0.3 is 4.42 Å². The van der Waals surface area contributed by atoms with Crippen molar-refractivity contribution in [1.29, 1.82) is 0 Å². The summed E-state index contributed by atoms with van der Waals surface area (Å²) in [7, 11) is 0. The maximum Gasteiger partial charge on any atom is 0.266 e. The Labute approximate surface area is 233 Å². The standard InChI is InChI=1S/C31H20Cl2N2O4/c32-19-13-14-22(23(33)17-19)25-15-16-26(38-25)28-27-29(39-35(28)20-9-2-1-3-10-20)31(37)34(30(27)36)24-12-6-8-18-7-4-5-11-21(18)24/h1-17,27-29H/t27-,28+,29-/m1/s1. The van der Waals surface area contributed by atoms with E-state index >= 15 is 0 Å². The lowest BCUT2D eigenvalue weighted by Gasteiger charge is -2.27. The summed E-state index contributed by atoms with van der Waals surface area (Å²) in [6.45, 7) is 0. The molecule has 1 aromatic heterocycles. The van der Waals surface area contributed by atoms with Crippen LogP contribution in [-0.4, -0.2) is 17.9 Å². The highest BCUT2D eigenvalue weighted by atomic mass is 35.5. The van der Waals surface area contributed by atoms with Crippen LogP contribution in [0.15, 0.2) is 108 Å². The Hall–Kier alpha value is -4.10. The number of amides is 2. The molecule has 0 spiro atoms. The van der Waals surface area contributed by atoms with Crippen LogP contribution in [0.5, 0.6) is 0 Å². The van der Waals surface area contributed by atoms with Crippen LogP contribution in [-0.2, 0) is 14.4 Å². The van der Waals surface area contributed by atoms with Crippen LogP contribution < -0.4 is 9.96 Å². The van der Waals surface area contributed by atoms with Crippen LogP contribution >= 0.6 is 23.2 Å². The predicted octanol–water partition coefficient (Wildman–Crippen LogP) is 7.46. The minimum absolute atomic E-state index is 0.341. The third-order valence-electron chi connectivity index (χ3n) is 7.25. The maximum atomic E-state index is 14.1. The first-order valence-electron chi connectivity index (χ1n) is 12.4. The Morgan fingerprint density at radius 1 is 0.744 bits per heavy atom. The number of hydrogen-bond acceptors (Lipinski definition) is 5. The Balaban J connectivity index is 1.33. The Morgan fingerprint density at radius 3 is 2.33 bits per heavy atom. The molecule has 39 heavy (non-hydrogen) atoms. The second kappa shape index (κ2) is 9.27. The third-order valence-corrected chi connectivity index (χ3v) is 7.80. The predicted molar refractivity (Wildman–Crippen MR) is 151 cm³/mol. The molecule has 2 saturated heterocycles. The number of para-hydroxylation sites is 1. The Kier molecular flexibility index (Phi) is 5.70. The molecular formula is C31H20Cl2N2O4. The fraction of sp³-hybridized carbons (Fsp3) is 0.0968. The van der Waals surface area contributed by atoms with Gasteiger partial charge in [-0.3, -0.25) is 14.4 Å². The molecule has 3 heterocycles. The van der Waals surface area contributed by atoms with Crippen LogP contribution in [0.3, 0.4) is 0 Å². The van der Waals surface area contributed by atoms with E-state index in [0.29, 0.717) is 38.5 Å². The molecular weight excluding hydrogens is 535 g/mol. The number of anilines is 2. The number of nitrogens with zero attached hydrogens (tertiary/aromatic N) is 2. The number of benzene rings is 4. The largest absolute Gasteiger partial charge is 0.459 e. The molecule has 3 atom stereocenters. The number of hydrogen-bond donors (Lipinski definition) is 0. The zero-order valence-electron chi connectivity index (χ0n) is 20.3. The van der Waals surface area contributed by atoms with Crippen molar-refractivity contribution in [3.05, 3.63) is 119 Å². The van der Waals surface area contributed by atoms with Crippen LogP contribution in [0.2, 0.25) is 10.0 Å². The SMILES string of the molecule is O=C1[C@H]2[C@@H](ON(c3ccccc3)[C@H]2c2ccc(-c3ccc(Cl)cc3Cl)o2)C(=O)N1c1cccc2ccccc12. The van der Waals surface area contributed by atoms with Gasteiger partial charge in [0.2, 0.25) is 5.91 Å². The number of carbonyl (C=O) groups excluding carboxylic acids is 2. The molecule has 0 radical (unpaired) electrons. The summed E-state index contributed by atoms with van der Waals surface area (Å²) in [6.07, 6.45) is -1.01. The zero-order valence-corrected chi connectivity index (χ0v) is 21.8. The number of carbonyl (C=O) groups is 2. The number of halogens is 2. The van der Waals surface area contributed by atoms with Crippen molar-refractivity contribution in [1.82, 2.24) is 0 Å². The molecule has 4 aromatic carbocycles. The van der Waals surface area contributed by atoms with Gasteiger partial charge in [-0.1, -0.05) is 77.8 Å². The van der Waals surface area contributed by atoms with Crippen molar-refractivity contribution in [2.75, 3.05) is 9.96 Å². The fourth-order valence-electron chi connectivity index (χ4n) is 5.49. The van der Waals surface area contributed by atoms with Gasteiger partial charge in [-0.05, 0) is 53.9 Å². The lowest BCUT2D eigenvalue weighted by Crippen LogP contribution is -2.37. The van der Waals surface area contributed by atoms with E-state index in [2.05, 4.69) is 0 Å². The van der Waals surface area contributed by atoms with Crippen molar-refractivity contribution in [2.45, 2.75) is 12.1 Å². The number of fused-ring (bicyclic) bond motifs is 2. The molecule has 6 nitrogen and oxygen atoms in total. The van der Waals surface area contributed by atoms with Gasteiger partial charge >= 0.3 is 0 Å². The van der Waals surface area contributed by atoms with Gasteiger partial charge in [0.05, 0.1) is 16.4 Å². The third kappa shape index (κ3) is 3.83. The molecule has 0 bridgehead atoms. The van der Waals surface area contributed by atoms with Gasteiger partial charge in [0, 0.05) is 16.0 Å². The van der Waals surface area contributed by atoms with Crippen molar-refractivity contribution < 1.29 is 18.8 Å². The Bertz CT molecular complexity index is 1750. The fourth-order valence-corrected chi connectivity index (χ4v) is 5.99. The van der Waals surface area contributed by atoms with Crippen molar-refractivity contribution >= 4 is 57.2 Å². The smallest absolute Gasteiger partial charge is 0.266 e. The maximum absolute atomic E-state index is 14.1. The normalized spacial score (nSPS) is 20.7. The van der Waals surface area contributed by atoms with Crippen LogP contribution in [0.1, 0.15) is 11.8 Å². The summed E-state index contributed by atoms with van der Waals surface area (Å²) in [4.78, 5) is 35.4. The molecule has 2 aliphatic heterocycles. The lowest BCUT2D eigenvalue weighted by atomic mass is 9.94. The summed E-state index contributed by atoms with van der Waals surface area (Å²) >= 11 is 12.5. The Morgan fingerprint density at radius 2 is 1.51 bits per heavy atom. The molecule has 0 N–H and O–H groups in total. The van der Waals surface area contributed by atoms with Crippen LogP contribution in [0.25, 0.3) is 22.1 Å². The highest BCUT2D eigenvalue weighted by Gasteiger charge is 2.61. The number of rotatable bonds is 4. The molecule has 2 fully saturated rings. The first-order chi connectivity index (χ1) is 19.0. The molecule has 192 valence electrons. The minimum atomic E-state index is -1.01. The second-order valence-electron chi connectivity index (χ2n) is 9.49. The molecule has 5 aromatic rings. The van der Waals surface area contributed by atoms with E-state index in [-0.39, 0.29) is 5.91 Å². The van der Waals surface area contributed by atoms with E-state index in [1.54, 1.807) is 41.5 Å². The lowest BCUT2D eigenvalue weighted by molar-refractivity contribution is -0.126. The summed E-state index contributed by atoms with van der Waals surface area (Å²) in [5.41, 5.74) is 1.91. The molecule has 8 heteroatoms. The highest BCUT2D eigenvalue weighted by molar-refractivity contribution is 6.36. The monoisotopic (exact) mass is 554 g/mol. The minimum Gasteiger partial charge on any atom is -0.459 e. The molecule has 2 amide bonds. The van der Waals surface area contributed by atoms with Gasteiger partial charge in [0.15, 0.2) is 6.10 Å². The van der Waals surface area contributed by atoms with Crippen molar-refractivity contribution in [2.24, 2.45) is 5.92 Å². The van der Waals surface area contributed by atoms with Gasteiger partial charge in [-0.15, -0.1) is 0 Å². The number of imide groups is 1. The molecule has 0 aliphatic carbocycles. The molecule has 0 unspecified atom stereocenters. The average Bonchev–Trinajstić information content (AvgIpc) is 3.64. The second-order valence-corrected chi connectivity index (χ2v) is 10.3. The van der Waals surface area contributed by atoms with Crippen molar-refractivity contribution in [3.8, 4) is 11.3 Å². The van der Waals surface area contributed by atoms with Gasteiger partial charge in [-0.25, -0.2) is 9.96 Å². The van der Waals surface area contributed by atoms with E-state index in [1.807, 2.05) is 66.7 Å².